The van der Waals surface area contributed by atoms with Crippen LogP contribution in [0.4, 0.5) is 0 Å². The van der Waals surface area contributed by atoms with Crippen LogP contribution >= 0.6 is 0 Å². The fourth-order valence-corrected chi connectivity index (χ4v) is 4.96. The molecule has 5 rings (SSSR count). The Morgan fingerprint density at radius 3 is 2.19 bits per heavy atom. The van der Waals surface area contributed by atoms with E-state index in [9.17, 15) is 4.79 Å². The van der Waals surface area contributed by atoms with Crippen molar-refractivity contribution in [1.29, 1.82) is 0 Å². The predicted octanol–water partition coefficient (Wildman–Crippen LogP) is 4.35. The monoisotopic (exact) mass is 415 g/mol. The van der Waals surface area contributed by atoms with Gasteiger partial charge in [0.2, 0.25) is 0 Å². The summed E-state index contributed by atoms with van der Waals surface area (Å²) in [5.41, 5.74) is 4.15. The molecule has 1 saturated heterocycles. The van der Waals surface area contributed by atoms with E-state index >= 15 is 0 Å². The minimum Gasteiger partial charge on any atom is -0.360 e. The number of rotatable bonds is 4. The average Bonchev–Trinajstić information content (AvgIpc) is 3.24. The molecule has 160 valence electrons. The van der Waals surface area contributed by atoms with Crippen molar-refractivity contribution >= 4 is 5.91 Å². The summed E-state index contributed by atoms with van der Waals surface area (Å²) >= 11 is 0. The molecule has 1 amide bonds. The van der Waals surface area contributed by atoms with Crippen LogP contribution in [0.5, 0.6) is 0 Å². The Kier molecular flexibility index (Phi) is 5.60. The number of aryl methyl sites for hydroxylation is 1. The van der Waals surface area contributed by atoms with E-state index in [0.29, 0.717) is 24.7 Å². The molecule has 0 spiro atoms. The molecule has 0 N–H and O–H groups in total. The Morgan fingerprint density at radius 1 is 0.968 bits per heavy atom. The Morgan fingerprint density at radius 2 is 1.58 bits per heavy atom. The minimum atomic E-state index is 0.0229. The van der Waals surface area contributed by atoms with Gasteiger partial charge in [0, 0.05) is 38.2 Å². The number of carbonyl (C=O) groups is 1. The van der Waals surface area contributed by atoms with Gasteiger partial charge in [-0.15, -0.1) is 0 Å². The van der Waals surface area contributed by atoms with Crippen LogP contribution in [-0.2, 0) is 12.8 Å². The lowest BCUT2D eigenvalue weighted by molar-refractivity contribution is 0.0586. The molecule has 0 bridgehead atoms. The quantitative estimate of drug-likeness (QED) is 0.636. The van der Waals surface area contributed by atoms with E-state index in [4.69, 9.17) is 4.52 Å². The van der Waals surface area contributed by atoms with E-state index < -0.39 is 0 Å². The van der Waals surface area contributed by atoms with Crippen LogP contribution in [0.1, 0.15) is 52.3 Å². The summed E-state index contributed by atoms with van der Waals surface area (Å²) in [7, 11) is 0. The normalized spacial score (nSPS) is 19.4. The lowest BCUT2D eigenvalue weighted by Gasteiger charge is -2.39. The molecule has 2 aromatic carbocycles. The van der Waals surface area contributed by atoms with E-state index in [1.165, 1.54) is 11.1 Å². The van der Waals surface area contributed by atoms with Crippen LogP contribution in [0.15, 0.2) is 65.2 Å². The third kappa shape index (κ3) is 4.02. The SMILES string of the molecule is C[C@@H]1CCc2onc(C(=O)N3CCN(C(c4ccccc4)c4ccccc4)CC3)c2C1. The first-order valence-corrected chi connectivity index (χ1v) is 11.3. The Labute approximate surface area is 183 Å². The number of amides is 1. The van der Waals surface area contributed by atoms with Gasteiger partial charge in [-0.05, 0) is 29.9 Å². The highest BCUT2D eigenvalue weighted by atomic mass is 16.5. The van der Waals surface area contributed by atoms with Gasteiger partial charge in [0.15, 0.2) is 5.69 Å². The summed E-state index contributed by atoms with van der Waals surface area (Å²) in [6.07, 6.45) is 2.89. The first kappa shape index (κ1) is 20.0. The molecule has 2 heterocycles. The molecule has 1 fully saturated rings. The van der Waals surface area contributed by atoms with Gasteiger partial charge in [-0.2, -0.15) is 0 Å². The van der Waals surface area contributed by atoms with Gasteiger partial charge in [0.1, 0.15) is 5.76 Å². The van der Waals surface area contributed by atoms with Gasteiger partial charge in [0.05, 0.1) is 6.04 Å². The van der Waals surface area contributed by atoms with E-state index in [2.05, 4.69) is 77.6 Å². The van der Waals surface area contributed by atoms with Crippen molar-refractivity contribution in [3.8, 4) is 0 Å². The minimum absolute atomic E-state index is 0.0229. The molecule has 1 aliphatic carbocycles. The maximum Gasteiger partial charge on any atom is 0.276 e. The maximum atomic E-state index is 13.2. The van der Waals surface area contributed by atoms with Crippen LogP contribution in [0.3, 0.4) is 0 Å². The molecule has 2 aliphatic rings. The molecule has 0 radical (unpaired) electrons. The molecule has 31 heavy (non-hydrogen) atoms. The smallest absolute Gasteiger partial charge is 0.276 e. The topological polar surface area (TPSA) is 49.6 Å². The number of carbonyl (C=O) groups excluding carboxylic acids is 1. The summed E-state index contributed by atoms with van der Waals surface area (Å²) < 4.78 is 5.51. The first-order valence-electron chi connectivity index (χ1n) is 11.3. The molecule has 5 heteroatoms. The molecular formula is C26H29N3O2. The highest BCUT2D eigenvalue weighted by Crippen LogP contribution is 2.31. The van der Waals surface area contributed by atoms with Gasteiger partial charge < -0.3 is 9.42 Å². The van der Waals surface area contributed by atoms with E-state index in [-0.39, 0.29) is 11.9 Å². The third-order valence-corrected chi connectivity index (χ3v) is 6.69. The number of hydrogen-bond donors (Lipinski definition) is 0. The Balaban J connectivity index is 1.32. The largest absolute Gasteiger partial charge is 0.360 e. The van der Waals surface area contributed by atoms with Crippen molar-refractivity contribution in [3.63, 3.8) is 0 Å². The summed E-state index contributed by atoms with van der Waals surface area (Å²) in [4.78, 5) is 17.7. The molecule has 1 atom stereocenters. The number of piperazine rings is 1. The number of benzene rings is 2. The number of hydrogen-bond acceptors (Lipinski definition) is 4. The van der Waals surface area contributed by atoms with E-state index in [1.54, 1.807) is 0 Å². The van der Waals surface area contributed by atoms with Crippen molar-refractivity contribution in [2.24, 2.45) is 5.92 Å². The molecule has 1 aromatic heterocycles. The maximum absolute atomic E-state index is 13.2. The highest BCUT2D eigenvalue weighted by Gasteiger charge is 2.33. The van der Waals surface area contributed by atoms with Gasteiger partial charge >= 0.3 is 0 Å². The lowest BCUT2D eigenvalue weighted by atomic mass is 9.88. The standard InChI is InChI=1S/C26H29N3O2/c1-19-12-13-23-22(18-19)24(27-31-23)26(30)29-16-14-28(15-17-29)25(20-8-4-2-5-9-20)21-10-6-3-7-11-21/h2-11,19,25H,12-18H2,1H3/t19-/m1/s1. The molecular weight excluding hydrogens is 386 g/mol. The van der Waals surface area contributed by atoms with Crippen molar-refractivity contribution in [1.82, 2.24) is 15.0 Å². The molecule has 0 unspecified atom stereocenters. The fourth-order valence-electron chi connectivity index (χ4n) is 4.96. The van der Waals surface area contributed by atoms with E-state index in [1.807, 2.05) is 4.90 Å². The zero-order chi connectivity index (χ0) is 21.2. The lowest BCUT2D eigenvalue weighted by Crippen LogP contribution is -2.50. The zero-order valence-corrected chi connectivity index (χ0v) is 18.0. The second kappa shape index (κ2) is 8.67. The van der Waals surface area contributed by atoms with Gasteiger partial charge in [-0.25, -0.2) is 0 Å². The number of nitrogens with zero attached hydrogens (tertiary/aromatic N) is 3. The predicted molar refractivity (Wildman–Crippen MR) is 120 cm³/mol. The van der Waals surface area contributed by atoms with Crippen LogP contribution in [0.2, 0.25) is 0 Å². The highest BCUT2D eigenvalue weighted by molar-refractivity contribution is 5.94. The summed E-state index contributed by atoms with van der Waals surface area (Å²) in [5.74, 6) is 1.51. The number of fused-ring (bicyclic) bond motifs is 1. The summed E-state index contributed by atoms with van der Waals surface area (Å²) in [5, 5.41) is 4.18. The molecule has 1 aliphatic heterocycles. The van der Waals surface area contributed by atoms with Crippen LogP contribution in [-0.4, -0.2) is 47.0 Å². The van der Waals surface area contributed by atoms with Crippen molar-refractivity contribution in [2.45, 2.75) is 32.2 Å². The average molecular weight is 416 g/mol. The van der Waals surface area contributed by atoms with Crippen LogP contribution < -0.4 is 0 Å². The van der Waals surface area contributed by atoms with Crippen LogP contribution in [0.25, 0.3) is 0 Å². The number of aromatic nitrogens is 1. The fraction of sp³-hybridized carbons (Fsp3) is 0.385. The molecule has 0 saturated carbocycles. The first-order chi connectivity index (χ1) is 15.2. The van der Waals surface area contributed by atoms with Crippen molar-refractivity contribution in [3.05, 3.63) is 88.8 Å². The molecule has 5 nitrogen and oxygen atoms in total. The summed E-state index contributed by atoms with van der Waals surface area (Å²) in [6, 6.07) is 21.5. The van der Waals surface area contributed by atoms with Crippen molar-refractivity contribution in [2.75, 3.05) is 26.2 Å². The Bertz CT molecular complexity index is 984. The van der Waals surface area contributed by atoms with Gasteiger partial charge in [-0.3, -0.25) is 9.69 Å². The second-order valence-electron chi connectivity index (χ2n) is 8.83. The summed E-state index contributed by atoms with van der Waals surface area (Å²) in [6.45, 7) is 5.29. The Hall–Kier alpha value is -2.92. The van der Waals surface area contributed by atoms with Crippen LogP contribution in [0, 0.1) is 5.92 Å². The van der Waals surface area contributed by atoms with Crippen molar-refractivity contribution < 1.29 is 9.32 Å². The third-order valence-electron chi connectivity index (χ3n) is 6.69. The molecule has 3 aromatic rings. The second-order valence-corrected chi connectivity index (χ2v) is 8.83. The van der Waals surface area contributed by atoms with Gasteiger partial charge in [-0.1, -0.05) is 72.7 Å². The van der Waals surface area contributed by atoms with Gasteiger partial charge in [0.25, 0.3) is 5.91 Å². The zero-order valence-electron chi connectivity index (χ0n) is 18.0. The van der Waals surface area contributed by atoms with E-state index in [0.717, 1.165) is 43.7 Å².